The summed E-state index contributed by atoms with van der Waals surface area (Å²) in [6.45, 7) is 0. The number of nitrogens with one attached hydrogen (secondary N) is 1. The van der Waals surface area contributed by atoms with Crippen molar-refractivity contribution in [3.05, 3.63) is 52.4 Å². The van der Waals surface area contributed by atoms with E-state index in [1.807, 2.05) is 18.2 Å². The first-order valence-corrected chi connectivity index (χ1v) is 8.36. The van der Waals surface area contributed by atoms with E-state index in [1.165, 1.54) is 6.08 Å². The van der Waals surface area contributed by atoms with Crippen LogP contribution in [-0.4, -0.2) is 19.3 Å². The molecule has 21 heavy (non-hydrogen) atoms. The lowest BCUT2D eigenvalue weighted by Crippen LogP contribution is -2.14. The van der Waals surface area contributed by atoms with Gasteiger partial charge in [-0.05, 0) is 11.6 Å². The van der Waals surface area contributed by atoms with Crippen molar-refractivity contribution in [2.24, 2.45) is 5.73 Å². The summed E-state index contributed by atoms with van der Waals surface area (Å²) < 4.78 is 26.1. The molecule has 0 saturated carbocycles. The Morgan fingerprint density at radius 3 is 2.71 bits per heavy atom. The molecule has 1 aromatic carbocycles. The first-order valence-electron chi connectivity index (χ1n) is 5.93. The third-order valence-corrected chi connectivity index (χ3v) is 4.28. The molecule has 3 N–H and O–H groups in total. The molecule has 0 radical (unpaired) electrons. The van der Waals surface area contributed by atoms with Crippen molar-refractivity contribution in [3.8, 4) is 0 Å². The van der Waals surface area contributed by atoms with E-state index in [9.17, 15) is 13.2 Å². The van der Waals surface area contributed by atoms with Crippen LogP contribution in [0.3, 0.4) is 0 Å². The highest BCUT2D eigenvalue weighted by molar-refractivity contribution is 7.95. The molecule has 0 atom stereocenters. The van der Waals surface area contributed by atoms with Crippen LogP contribution < -0.4 is 10.5 Å². The van der Waals surface area contributed by atoms with Crippen molar-refractivity contribution in [2.75, 3.05) is 4.72 Å². The maximum absolute atomic E-state index is 11.9. The van der Waals surface area contributed by atoms with Gasteiger partial charge >= 0.3 is 0 Å². The van der Waals surface area contributed by atoms with Gasteiger partial charge in [-0.1, -0.05) is 30.3 Å². The molecule has 1 heterocycles. The lowest BCUT2D eigenvalue weighted by Gasteiger charge is -1.99. The van der Waals surface area contributed by atoms with Gasteiger partial charge in [-0.25, -0.2) is 13.4 Å². The average Bonchev–Trinajstić information content (AvgIpc) is 2.83. The predicted molar refractivity (Wildman–Crippen MR) is 83.0 cm³/mol. The van der Waals surface area contributed by atoms with E-state index in [1.54, 1.807) is 17.5 Å². The molecule has 0 aliphatic heterocycles. The maximum atomic E-state index is 11.9. The van der Waals surface area contributed by atoms with Gasteiger partial charge < -0.3 is 5.73 Å². The summed E-state index contributed by atoms with van der Waals surface area (Å²) in [5.74, 6) is -0.515. The Morgan fingerprint density at radius 1 is 1.33 bits per heavy atom. The summed E-state index contributed by atoms with van der Waals surface area (Å²) in [6, 6.07) is 9.06. The number of hydrogen-bond acceptors (Lipinski definition) is 5. The number of rotatable bonds is 6. The van der Waals surface area contributed by atoms with Crippen LogP contribution in [0, 0.1) is 0 Å². The summed E-state index contributed by atoms with van der Waals surface area (Å²) in [6.07, 6.45) is 1.47. The zero-order valence-corrected chi connectivity index (χ0v) is 12.5. The summed E-state index contributed by atoms with van der Waals surface area (Å²) >= 11 is 1.10. The van der Waals surface area contributed by atoms with E-state index in [4.69, 9.17) is 5.73 Å². The van der Waals surface area contributed by atoms with E-state index in [0.29, 0.717) is 5.69 Å². The molecule has 0 bridgehead atoms. The van der Waals surface area contributed by atoms with Gasteiger partial charge in [0, 0.05) is 5.38 Å². The zero-order valence-electron chi connectivity index (χ0n) is 10.9. The molecular formula is C13H13N3O3S2. The molecule has 0 saturated heterocycles. The molecule has 6 nitrogen and oxygen atoms in total. The van der Waals surface area contributed by atoms with Crippen LogP contribution in [-0.2, 0) is 21.2 Å². The highest BCUT2D eigenvalue weighted by atomic mass is 32.2. The molecule has 0 spiro atoms. The van der Waals surface area contributed by atoms with Gasteiger partial charge in [0.15, 0.2) is 5.13 Å². The van der Waals surface area contributed by atoms with E-state index in [2.05, 4.69) is 9.71 Å². The van der Waals surface area contributed by atoms with Crippen LogP contribution in [0.25, 0.3) is 6.08 Å². The summed E-state index contributed by atoms with van der Waals surface area (Å²) in [4.78, 5) is 14.7. The van der Waals surface area contributed by atoms with Crippen LogP contribution in [0.5, 0.6) is 0 Å². The highest BCUT2D eigenvalue weighted by Crippen LogP contribution is 2.17. The smallest absolute Gasteiger partial charge is 0.256 e. The Bertz CT molecular complexity index is 752. The predicted octanol–water partition coefficient (Wildman–Crippen LogP) is 1.58. The van der Waals surface area contributed by atoms with Gasteiger partial charge in [0.05, 0.1) is 17.5 Å². The third-order valence-electron chi connectivity index (χ3n) is 2.38. The van der Waals surface area contributed by atoms with Crippen LogP contribution in [0.15, 0.2) is 41.1 Å². The van der Waals surface area contributed by atoms with Gasteiger partial charge in [0.2, 0.25) is 5.91 Å². The summed E-state index contributed by atoms with van der Waals surface area (Å²) in [5, 5.41) is 2.85. The average molecular weight is 323 g/mol. The Labute approximate surface area is 126 Å². The fraction of sp³-hybridized carbons (Fsp3) is 0.0769. The molecule has 2 rings (SSSR count). The highest BCUT2D eigenvalue weighted by Gasteiger charge is 2.10. The van der Waals surface area contributed by atoms with Crippen molar-refractivity contribution < 1.29 is 13.2 Å². The normalized spacial score (nSPS) is 11.6. The van der Waals surface area contributed by atoms with Crippen LogP contribution in [0.4, 0.5) is 5.13 Å². The number of thiazole rings is 1. The number of nitrogens with zero attached hydrogens (tertiary/aromatic N) is 1. The van der Waals surface area contributed by atoms with E-state index < -0.39 is 15.9 Å². The lowest BCUT2D eigenvalue weighted by molar-refractivity contribution is -0.117. The zero-order chi connectivity index (χ0) is 15.3. The van der Waals surface area contributed by atoms with E-state index in [0.717, 1.165) is 22.3 Å². The van der Waals surface area contributed by atoms with Gasteiger partial charge in [-0.3, -0.25) is 9.52 Å². The Morgan fingerprint density at radius 2 is 2.05 bits per heavy atom. The Balaban J connectivity index is 2.05. The number of hydrogen-bond donors (Lipinski definition) is 2. The largest absolute Gasteiger partial charge is 0.369 e. The molecule has 1 aromatic heterocycles. The van der Waals surface area contributed by atoms with Crippen molar-refractivity contribution in [3.63, 3.8) is 0 Å². The quantitative estimate of drug-likeness (QED) is 0.842. The van der Waals surface area contributed by atoms with Crippen molar-refractivity contribution in [1.82, 2.24) is 4.98 Å². The number of amides is 1. The minimum absolute atomic E-state index is 0.0158. The molecule has 8 heteroatoms. The number of primary amides is 1. The Hall–Kier alpha value is -2.19. The number of sulfonamides is 1. The minimum Gasteiger partial charge on any atom is -0.369 e. The number of carbonyl (C=O) groups excluding carboxylic acids is 1. The fourth-order valence-electron chi connectivity index (χ4n) is 1.50. The van der Waals surface area contributed by atoms with Gasteiger partial charge in [0.25, 0.3) is 10.0 Å². The standard InChI is InChI=1S/C13H13N3O3S2/c14-12(17)8-11-9-20-13(15-11)16-21(18,19)7-6-10-4-2-1-3-5-10/h1-7,9H,8H2,(H2,14,17)(H,15,16)/b7-6-. The first kappa shape index (κ1) is 15.2. The molecule has 1 amide bonds. The maximum Gasteiger partial charge on any atom is 0.256 e. The SMILES string of the molecule is NC(=O)Cc1csc(NS(=O)(=O)/C=C\c2ccccc2)n1. The van der Waals surface area contributed by atoms with Crippen LogP contribution >= 0.6 is 11.3 Å². The summed E-state index contributed by atoms with van der Waals surface area (Å²) in [5.41, 5.74) is 6.27. The van der Waals surface area contributed by atoms with Crippen molar-refractivity contribution in [1.29, 1.82) is 0 Å². The summed E-state index contributed by atoms with van der Waals surface area (Å²) in [7, 11) is -3.65. The second kappa shape index (κ2) is 6.51. The van der Waals surface area contributed by atoms with Gasteiger partial charge in [0.1, 0.15) is 0 Å². The number of benzene rings is 1. The second-order valence-electron chi connectivity index (χ2n) is 4.15. The topological polar surface area (TPSA) is 102 Å². The third kappa shape index (κ3) is 5.01. The van der Waals surface area contributed by atoms with Gasteiger partial charge in [-0.15, -0.1) is 11.3 Å². The molecule has 110 valence electrons. The molecule has 0 fully saturated rings. The molecule has 0 aliphatic carbocycles. The second-order valence-corrected chi connectivity index (χ2v) is 6.57. The number of anilines is 1. The fourth-order valence-corrected chi connectivity index (χ4v) is 3.29. The van der Waals surface area contributed by atoms with E-state index in [-0.39, 0.29) is 11.6 Å². The Kier molecular flexibility index (Phi) is 4.71. The number of aromatic nitrogens is 1. The number of carbonyl (C=O) groups is 1. The van der Waals surface area contributed by atoms with Crippen molar-refractivity contribution >= 4 is 38.5 Å². The first-order chi connectivity index (χ1) is 9.94. The molecule has 0 aliphatic rings. The van der Waals surface area contributed by atoms with Crippen LogP contribution in [0.2, 0.25) is 0 Å². The monoisotopic (exact) mass is 323 g/mol. The van der Waals surface area contributed by atoms with Gasteiger partial charge in [-0.2, -0.15) is 0 Å². The number of nitrogens with two attached hydrogens (primary N) is 1. The molecular weight excluding hydrogens is 310 g/mol. The molecule has 0 unspecified atom stereocenters. The lowest BCUT2D eigenvalue weighted by atomic mass is 10.2. The van der Waals surface area contributed by atoms with Crippen LogP contribution in [0.1, 0.15) is 11.3 Å². The molecule has 2 aromatic rings. The van der Waals surface area contributed by atoms with Crippen molar-refractivity contribution in [2.45, 2.75) is 6.42 Å². The minimum atomic E-state index is -3.65. The van der Waals surface area contributed by atoms with E-state index >= 15 is 0 Å².